The van der Waals surface area contributed by atoms with Gasteiger partial charge in [-0.15, -0.1) is 0 Å². The number of rotatable bonds is 6. The van der Waals surface area contributed by atoms with Gasteiger partial charge < -0.3 is 15.1 Å². The Morgan fingerprint density at radius 1 is 0.892 bits per heavy atom. The van der Waals surface area contributed by atoms with Gasteiger partial charge in [-0.1, -0.05) is 29.8 Å². The highest BCUT2D eigenvalue weighted by atomic mass is 16.6. The van der Waals surface area contributed by atoms with Gasteiger partial charge in [0.05, 0.1) is 10.6 Å². The maximum atomic E-state index is 13.0. The van der Waals surface area contributed by atoms with Crippen LogP contribution < -0.4 is 10.2 Å². The third-order valence-corrected chi connectivity index (χ3v) is 6.38. The highest BCUT2D eigenvalue weighted by molar-refractivity contribution is 5.94. The maximum Gasteiger partial charge on any atom is 0.269 e. The van der Waals surface area contributed by atoms with E-state index in [2.05, 4.69) is 32.3 Å². The van der Waals surface area contributed by atoms with Crippen molar-refractivity contribution in [2.45, 2.75) is 6.92 Å². The fraction of sp³-hybridized carbons (Fsp3) is 0.179. The van der Waals surface area contributed by atoms with E-state index < -0.39 is 4.92 Å². The summed E-state index contributed by atoms with van der Waals surface area (Å²) in [5.74, 6) is 0.465. The monoisotopic (exact) mass is 494 g/mol. The summed E-state index contributed by atoms with van der Waals surface area (Å²) in [7, 11) is 0. The van der Waals surface area contributed by atoms with Crippen molar-refractivity contribution < 1.29 is 9.72 Å². The van der Waals surface area contributed by atoms with Gasteiger partial charge in [0.15, 0.2) is 0 Å². The molecule has 186 valence electrons. The van der Waals surface area contributed by atoms with E-state index in [4.69, 9.17) is 0 Å². The van der Waals surface area contributed by atoms with E-state index in [0.717, 1.165) is 22.6 Å². The lowest BCUT2D eigenvalue weighted by Crippen LogP contribution is -2.48. The first-order valence-corrected chi connectivity index (χ1v) is 12.0. The summed E-state index contributed by atoms with van der Waals surface area (Å²) in [6.07, 6.45) is 1.72. The molecule has 1 aromatic heterocycles. The Morgan fingerprint density at radius 3 is 2.22 bits per heavy atom. The van der Waals surface area contributed by atoms with Gasteiger partial charge in [0.25, 0.3) is 11.6 Å². The number of nitrogens with zero attached hydrogens (tertiary/aromatic N) is 5. The topological polar surface area (TPSA) is 105 Å². The Bertz CT molecular complexity index is 1400. The first kappa shape index (κ1) is 23.9. The number of carbonyl (C=O) groups excluding carboxylic acids is 1. The molecule has 5 rings (SSSR count). The van der Waals surface area contributed by atoms with Crippen molar-refractivity contribution in [1.29, 1.82) is 0 Å². The molecule has 1 amide bonds. The molecule has 37 heavy (non-hydrogen) atoms. The summed E-state index contributed by atoms with van der Waals surface area (Å²) in [4.78, 5) is 36.4. The summed E-state index contributed by atoms with van der Waals surface area (Å²) in [6.45, 7) is 4.54. The fourth-order valence-electron chi connectivity index (χ4n) is 4.26. The van der Waals surface area contributed by atoms with E-state index in [1.54, 1.807) is 30.5 Å². The molecule has 1 aliphatic rings. The number of aryl methyl sites for hydroxylation is 1. The number of non-ortho nitro benzene ring substituents is 1. The van der Waals surface area contributed by atoms with E-state index >= 15 is 0 Å². The van der Waals surface area contributed by atoms with Crippen LogP contribution in [0, 0.1) is 17.0 Å². The highest BCUT2D eigenvalue weighted by Gasteiger charge is 2.22. The van der Waals surface area contributed by atoms with Crippen molar-refractivity contribution >= 4 is 28.9 Å². The largest absolute Gasteiger partial charge is 0.368 e. The molecule has 0 saturated carbocycles. The standard InChI is InChI=1S/C28H26N6O3/c1-20-2-4-21(5-3-20)26-14-15-29-28(31-26)30-23-8-6-22(7-9-23)27(35)33-18-16-32(17-19-33)24-10-12-25(13-11-24)34(36)37/h2-15H,16-19H2,1H3,(H,29,30,31). The number of nitro groups is 1. The Hall–Kier alpha value is -4.79. The van der Waals surface area contributed by atoms with Crippen LogP contribution in [0.4, 0.5) is 23.0 Å². The molecule has 1 N–H and O–H groups in total. The number of amides is 1. The molecule has 0 unspecified atom stereocenters. The minimum Gasteiger partial charge on any atom is -0.368 e. The van der Waals surface area contributed by atoms with Crippen molar-refractivity contribution in [2.24, 2.45) is 0 Å². The molecule has 9 heteroatoms. The van der Waals surface area contributed by atoms with Gasteiger partial charge in [-0.05, 0) is 49.4 Å². The number of hydrogen-bond acceptors (Lipinski definition) is 7. The van der Waals surface area contributed by atoms with Gasteiger partial charge in [-0.25, -0.2) is 9.97 Å². The SMILES string of the molecule is Cc1ccc(-c2ccnc(Nc3ccc(C(=O)N4CCN(c5ccc([N+](=O)[O-])cc5)CC4)cc3)n2)cc1. The van der Waals surface area contributed by atoms with Crippen LogP contribution >= 0.6 is 0 Å². The summed E-state index contributed by atoms with van der Waals surface area (Å²) >= 11 is 0. The molecule has 0 aliphatic carbocycles. The molecule has 0 spiro atoms. The minimum atomic E-state index is -0.406. The molecule has 3 aromatic carbocycles. The lowest BCUT2D eigenvalue weighted by Gasteiger charge is -2.36. The number of anilines is 3. The van der Waals surface area contributed by atoms with E-state index in [1.165, 1.54) is 17.7 Å². The summed E-state index contributed by atoms with van der Waals surface area (Å²) < 4.78 is 0. The first-order chi connectivity index (χ1) is 18.0. The molecule has 1 fully saturated rings. The third-order valence-electron chi connectivity index (χ3n) is 6.38. The van der Waals surface area contributed by atoms with Crippen LogP contribution in [0.5, 0.6) is 0 Å². The number of benzene rings is 3. The summed E-state index contributed by atoms with van der Waals surface area (Å²) in [5, 5.41) is 14.1. The second kappa shape index (κ2) is 10.4. The molecule has 0 bridgehead atoms. The van der Waals surface area contributed by atoms with Crippen LogP contribution in [0.1, 0.15) is 15.9 Å². The van der Waals surface area contributed by atoms with Crippen LogP contribution in [-0.4, -0.2) is 51.9 Å². The van der Waals surface area contributed by atoms with Crippen LogP contribution in [0.2, 0.25) is 0 Å². The smallest absolute Gasteiger partial charge is 0.269 e. The average molecular weight is 495 g/mol. The zero-order valence-corrected chi connectivity index (χ0v) is 20.4. The number of nitrogens with one attached hydrogen (secondary N) is 1. The van der Waals surface area contributed by atoms with Gasteiger partial charge in [0.2, 0.25) is 5.95 Å². The molecular formula is C28H26N6O3. The molecule has 1 aliphatic heterocycles. The molecule has 9 nitrogen and oxygen atoms in total. The maximum absolute atomic E-state index is 13.0. The van der Waals surface area contributed by atoms with Gasteiger partial charge in [0.1, 0.15) is 0 Å². The number of piperazine rings is 1. The number of hydrogen-bond donors (Lipinski definition) is 1. The van der Waals surface area contributed by atoms with Crippen LogP contribution in [0.25, 0.3) is 11.3 Å². The third kappa shape index (κ3) is 5.56. The second-order valence-corrected chi connectivity index (χ2v) is 8.89. The van der Waals surface area contributed by atoms with Crippen molar-refractivity contribution in [3.8, 4) is 11.3 Å². The lowest BCUT2D eigenvalue weighted by atomic mass is 10.1. The molecule has 1 saturated heterocycles. The van der Waals surface area contributed by atoms with E-state index in [1.807, 2.05) is 42.2 Å². The Morgan fingerprint density at radius 2 is 1.57 bits per heavy atom. The molecule has 0 atom stereocenters. The Kier molecular flexibility index (Phi) is 6.76. The normalized spacial score (nSPS) is 13.3. The second-order valence-electron chi connectivity index (χ2n) is 8.89. The molecular weight excluding hydrogens is 468 g/mol. The van der Waals surface area contributed by atoms with Crippen molar-refractivity contribution in [3.05, 3.63) is 106 Å². The predicted octanol–water partition coefficient (Wildman–Crippen LogP) is 5.07. The molecule has 0 radical (unpaired) electrons. The number of nitro benzene ring substituents is 1. The van der Waals surface area contributed by atoms with Gasteiger partial charge in [0, 0.05) is 67.0 Å². The van der Waals surface area contributed by atoms with Crippen molar-refractivity contribution in [2.75, 3.05) is 36.4 Å². The zero-order valence-electron chi connectivity index (χ0n) is 20.4. The van der Waals surface area contributed by atoms with Crippen LogP contribution in [0.15, 0.2) is 85.1 Å². The van der Waals surface area contributed by atoms with Crippen molar-refractivity contribution in [3.63, 3.8) is 0 Å². The van der Waals surface area contributed by atoms with Gasteiger partial charge in [-0.3, -0.25) is 14.9 Å². The Balaban J connectivity index is 1.18. The van der Waals surface area contributed by atoms with Gasteiger partial charge in [-0.2, -0.15) is 0 Å². The van der Waals surface area contributed by atoms with Crippen LogP contribution in [0.3, 0.4) is 0 Å². The quantitative estimate of drug-likeness (QED) is 0.295. The molecule has 4 aromatic rings. The minimum absolute atomic E-state index is 0.0208. The van der Waals surface area contributed by atoms with Crippen molar-refractivity contribution in [1.82, 2.24) is 14.9 Å². The first-order valence-electron chi connectivity index (χ1n) is 12.0. The average Bonchev–Trinajstić information content (AvgIpc) is 2.94. The molecule has 2 heterocycles. The fourth-order valence-corrected chi connectivity index (χ4v) is 4.26. The predicted molar refractivity (Wildman–Crippen MR) is 143 cm³/mol. The highest BCUT2D eigenvalue weighted by Crippen LogP contribution is 2.23. The summed E-state index contributed by atoms with van der Waals surface area (Å²) in [5.41, 5.74) is 5.44. The van der Waals surface area contributed by atoms with Gasteiger partial charge >= 0.3 is 0 Å². The number of aromatic nitrogens is 2. The lowest BCUT2D eigenvalue weighted by molar-refractivity contribution is -0.384. The van der Waals surface area contributed by atoms with E-state index in [-0.39, 0.29) is 11.6 Å². The summed E-state index contributed by atoms with van der Waals surface area (Å²) in [6, 6.07) is 23.9. The Labute approximate surface area is 214 Å². The van der Waals surface area contributed by atoms with Crippen LogP contribution in [-0.2, 0) is 0 Å². The zero-order chi connectivity index (χ0) is 25.8. The van der Waals surface area contributed by atoms with E-state index in [9.17, 15) is 14.9 Å². The van der Waals surface area contributed by atoms with E-state index in [0.29, 0.717) is 37.7 Å². The number of carbonyl (C=O) groups is 1.